The molecule has 130 valence electrons. The van der Waals surface area contributed by atoms with E-state index < -0.39 is 29.7 Å². The summed E-state index contributed by atoms with van der Waals surface area (Å²) < 4.78 is 0. The number of benzene rings is 1. The summed E-state index contributed by atoms with van der Waals surface area (Å²) in [4.78, 5) is 61.6. The number of nitrogens with one attached hydrogen (secondary N) is 2. The Morgan fingerprint density at radius 3 is 2.56 bits per heavy atom. The second-order valence-corrected chi connectivity index (χ2v) is 6.32. The van der Waals surface area contributed by atoms with E-state index in [1.165, 1.54) is 12.1 Å². The van der Waals surface area contributed by atoms with Gasteiger partial charge in [-0.1, -0.05) is 19.9 Å². The van der Waals surface area contributed by atoms with Gasteiger partial charge in [0.05, 0.1) is 16.8 Å². The average molecular weight is 343 g/mol. The van der Waals surface area contributed by atoms with Gasteiger partial charge < -0.3 is 5.32 Å². The monoisotopic (exact) mass is 343 g/mol. The van der Waals surface area contributed by atoms with E-state index in [-0.39, 0.29) is 41.5 Å². The van der Waals surface area contributed by atoms with E-state index in [0.29, 0.717) is 0 Å². The van der Waals surface area contributed by atoms with Crippen molar-refractivity contribution >= 4 is 35.2 Å². The van der Waals surface area contributed by atoms with Crippen molar-refractivity contribution in [2.24, 2.45) is 5.92 Å². The maximum absolute atomic E-state index is 12.8. The zero-order chi connectivity index (χ0) is 18.3. The molecule has 0 spiro atoms. The van der Waals surface area contributed by atoms with Crippen LogP contribution >= 0.6 is 0 Å². The zero-order valence-corrected chi connectivity index (χ0v) is 13.8. The number of hydrogen-bond acceptors (Lipinski definition) is 5. The lowest BCUT2D eigenvalue weighted by Crippen LogP contribution is -2.54. The Morgan fingerprint density at radius 2 is 1.92 bits per heavy atom. The molecule has 8 heteroatoms. The van der Waals surface area contributed by atoms with Crippen LogP contribution in [0.1, 0.15) is 47.4 Å². The normalized spacial score (nSPS) is 20.0. The van der Waals surface area contributed by atoms with Gasteiger partial charge in [-0.15, -0.1) is 0 Å². The molecular formula is C17H17N3O5. The number of hydrogen-bond donors (Lipinski definition) is 2. The maximum atomic E-state index is 12.8. The first kappa shape index (κ1) is 16.8. The number of carbonyl (C=O) groups excluding carboxylic acids is 5. The highest BCUT2D eigenvalue weighted by Gasteiger charge is 2.45. The number of imide groups is 2. The van der Waals surface area contributed by atoms with Gasteiger partial charge in [0.25, 0.3) is 11.8 Å². The molecule has 1 fully saturated rings. The lowest BCUT2D eigenvalue weighted by Gasteiger charge is -2.27. The van der Waals surface area contributed by atoms with Crippen LogP contribution in [0.4, 0.5) is 5.69 Å². The highest BCUT2D eigenvalue weighted by molar-refractivity contribution is 6.26. The van der Waals surface area contributed by atoms with E-state index in [2.05, 4.69) is 10.6 Å². The second kappa shape index (κ2) is 6.12. The third kappa shape index (κ3) is 2.79. The summed E-state index contributed by atoms with van der Waals surface area (Å²) in [5.41, 5.74) is 0.451. The fraction of sp³-hybridized carbons (Fsp3) is 0.353. The van der Waals surface area contributed by atoms with E-state index in [9.17, 15) is 24.0 Å². The summed E-state index contributed by atoms with van der Waals surface area (Å²) >= 11 is 0. The predicted molar refractivity (Wildman–Crippen MR) is 86.6 cm³/mol. The lowest BCUT2D eigenvalue weighted by molar-refractivity contribution is -0.136. The first-order valence-corrected chi connectivity index (χ1v) is 7.96. The minimum atomic E-state index is -1.03. The smallest absolute Gasteiger partial charge is 0.264 e. The van der Waals surface area contributed by atoms with E-state index >= 15 is 0 Å². The molecule has 5 amide bonds. The molecule has 25 heavy (non-hydrogen) atoms. The molecule has 2 aliphatic heterocycles. The average Bonchev–Trinajstić information content (AvgIpc) is 2.80. The van der Waals surface area contributed by atoms with Crippen LogP contribution in [0.5, 0.6) is 0 Å². The fourth-order valence-corrected chi connectivity index (χ4v) is 2.90. The molecule has 8 nitrogen and oxygen atoms in total. The molecule has 2 N–H and O–H groups in total. The van der Waals surface area contributed by atoms with Crippen LogP contribution in [0, 0.1) is 5.92 Å². The number of piperidine rings is 1. The van der Waals surface area contributed by atoms with Gasteiger partial charge >= 0.3 is 0 Å². The van der Waals surface area contributed by atoms with E-state index in [0.717, 1.165) is 4.90 Å². The summed E-state index contributed by atoms with van der Waals surface area (Å²) in [5.74, 6) is -2.92. The first-order chi connectivity index (χ1) is 11.8. The largest absolute Gasteiger partial charge is 0.325 e. The van der Waals surface area contributed by atoms with Gasteiger partial charge in [-0.2, -0.15) is 0 Å². The van der Waals surface area contributed by atoms with Crippen LogP contribution in [-0.2, 0) is 14.4 Å². The molecule has 1 aromatic rings. The van der Waals surface area contributed by atoms with Crippen molar-refractivity contribution in [3.63, 3.8) is 0 Å². The molecule has 0 bridgehead atoms. The Bertz CT molecular complexity index is 815. The van der Waals surface area contributed by atoms with Crippen molar-refractivity contribution < 1.29 is 24.0 Å². The number of carbonyl (C=O) groups is 5. The quantitative estimate of drug-likeness (QED) is 0.784. The molecule has 1 atom stereocenters. The molecular weight excluding hydrogens is 326 g/mol. The third-order valence-corrected chi connectivity index (χ3v) is 4.25. The Kier molecular flexibility index (Phi) is 4.12. The third-order valence-electron chi connectivity index (χ3n) is 4.25. The minimum Gasteiger partial charge on any atom is -0.325 e. The lowest BCUT2D eigenvalue weighted by atomic mass is 10.0. The van der Waals surface area contributed by atoms with Crippen molar-refractivity contribution in [1.82, 2.24) is 10.2 Å². The minimum absolute atomic E-state index is 0.0563. The summed E-state index contributed by atoms with van der Waals surface area (Å²) in [7, 11) is 0. The Morgan fingerprint density at radius 1 is 1.20 bits per heavy atom. The number of nitrogens with zero attached hydrogens (tertiary/aromatic N) is 1. The van der Waals surface area contributed by atoms with Crippen molar-refractivity contribution in [3.8, 4) is 0 Å². The van der Waals surface area contributed by atoms with Gasteiger partial charge in [-0.05, 0) is 18.6 Å². The van der Waals surface area contributed by atoms with Crippen molar-refractivity contribution in [3.05, 3.63) is 29.3 Å². The summed E-state index contributed by atoms with van der Waals surface area (Å²) in [6.45, 7) is 3.42. The van der Waals surface area contributed by atoms with Gasteiger partial charge in [0.1, 0.15) is 6.04 Å². The van der Waals surface area contributed by atoms with Gasteiger partial charge in [0, 0.05) is 12.3 Å². The summed E-state index contributed by atoms with van der Waals surface area (Å²) in [6, 6.07) is 3.55. The van der Waals surface area contributed by atoms with Gasteiger partial charge in [0.2, 0.25) is 17.7 Å². The molecule has 0 radical (unpaired) electrons. The Labute approximate surface area is 143 Å². The molecule has 0 aliphatic carbocycles. The van der Waals surface area contributed by atoms with Crippen molar-refractivity contribution in [2.45, 2.75) is 32.7 Å². The van der Waals surface area contributed by atoms with Gasteiger partial charge in [0.15, 0.2) is 0 Å². The van der Waals surface area contributed by atoms with Crippen LogP contribution in [0.15, 0.2) is 18.2 Å². The predicted octanol–water partition coefficient (Wildman–Crippen LogP) is 0.682. The van der Waals surface area contributed by atoms with Crippen LogP contribution in [0.2, 0.25) is 0 Å². The standard InChI is InChI=1S/C17H17N3O5/c1-8(2)14(22)18-10-5-3-4-9-13(10)17(25)20(16(9)24)11-6-7-12(21)19-15(11)23/h3-5,8,11H,6-7H2,1-2H3,(H,18,22)(H,19,21,23). The maximum Gasteiger partial charge on any atom is 0.264 e. The van der Waals surface area contributed by atoms with E-state index in [1.54, 1.807) is 19.9 Å². The van der Waals surface area contributed by atoms with Crippen LogP contribution < -0.4 is 10.6 Å². The molecule has 2 aliphatic rings. The molecule has 1 saturated heterocycles. The number of rotatable bonds is 3. The fourth-order valence-electron chi connectivity index (χ4n) is 2.90. The Balaban J connectivity index is 1.95. The molecule has 1 unspecified atom stereocenters. The first-order valence-electron chi connectivity index (χ1n) is 7.96. The number of fused-ring (bicyclic) bond motifs is 1. The van der Waals surface area contributed by atoms with Crippen LogP contribution in [0.25, 0.3) is 0 Å². The molecule has 0 aromatic heterocycles. The van der Waals surface area contributed by atoms with Crippen molar-refractivity contribution in [1.29, 1.82) is 0 Å². The van der Waals surface area contributed by atoms with Crippen molar-refractivity contribution in [2.75, 3.05) is 5.32 Å². The second-order valence-electron chi connectivity index (χ2n) is 6.32. The Hall–Kier alpha value is -3.03. The molecule has 3 rings (SSSR count). The summed E-state index contributed by atoms with van der Waals surface area (Å²) in [6.07, 6.45) is 0.143. The van der Waals surface area contributed by atoms with Crippen LogP contribution in [0.3, 0.4) is 0 Å². The topological polar surface area (TPSA) is 113 Å². The molecule has 2 heterocycles. The van der Waals surface area contributed by atoms with E-state index in [4.69, 9.17) is 0 Å². The highest BCUT2D eigenvalue weighted by atomic mass is 16.2. The SMILES string of the molecule is CC(C)C(=O)Nc1cccc2c1C(=O)N(C1CCC(=O)NC1=O)C2=O. The summed E-state index contributed by atoms with van der Waals surface area (Å²) in [5, 5.41) is 4.78. The van der Waals surface area contributed by atoms with Crippen LogP contribution in [-0.4, -0.2) is 40.5 Å². The molecule has 0 saturated carbocycles. The zero-order valence-electron chi connectivity index (χ0n) is 13.8. The van der Waals surface area contributed by atoms with E-state index in [1.807, 2.05) is 0 Å². The number of anilines is 1. The number of amides is 5. The van der Waals surface area contributed by atoms with Gasteiger partial charge in [-0.25, -0.2) is 0 Å². The van der Waals surface area contributed by atoms with Gasteiger partial charge in [-0.3, -0.25) is 34.2 Å². The highest BCUT2D eigenvalue weighted by Crippen LogP contribution is 2.32. The molecule has 1 aromatic carbocycles.